The van der Waals surface area contributed by atoms with Gasteiger partial charge in [-0.25, -0.2) is 0 Å². The van der Waals surface area contributed by atoms with Crippen molar-refractivity contribution in [3.8, 4) is 0 Å². The van der Waals surface area contributed by atoms with Gasteiger partial charge in [0, 0.05) is 31.3 Å². The van der Waals surface area contributed by atoms with E-state index in [-0.39, 0.29) is 36.4 Å². The average Bonchev–Trinajstić information content (AvgIpc) is 2.99. The van der Waals surface area contributed by atoms with Gasteiger partial charge in [-0.1, -0.05) is 12.1 Å². The molecule has 3 N–H and O–H groups in total. The van der Waals surface area contributed by atoms with Crippen molar-refractivity contribution in [1.29, 1.82) is 0 Å². The number of rotatable bonds is 7. The van der Waals surface area contributed by atoms with E-state index in [1.54, 1.807) is 17.1 Å². The zero-order valence-corrected chi connectivity index (χ0v) is 13.8. The number of carbonyl (C=O) groups excluding carboxylic acids is 1. The molecule has 0 radical (unpaired) electrons. The first-order chi connectivity index (χ1) is 10.2. The number of halogens is 1. The van der Waals surface area contributed by atoms with E-state index in [9.17, 15) is 4.79 Å². The first-order valence-electron chi connectivity index (χ1n) is 7.69. The second-order valence-electron chi connectivity index (χ2n) is 5.54. The molecule has 2 rings (SSSR count). The molecule has 1 amide bonds. The Balaban J connectivity index is 0.00000242. The molecule has 22 heavy (non-hydrogen) atoms. The number of hydrogen-bond donors (Lipinski definition) is 2. The summed E-state index contributed by atoms with van der Waals surface area (Å²) in [5, 5.41) is 10.5. The third-order valence-electron chi connectivity index (χ3n) is 3.85. The molecule has 0 saturated heterocycles. The summed E-state index contributed by atoms with van der Waals surface area (Å²) >= 11 is 0. The van der Waals surface area contributed by atoms with Crippen LogP contribution in [0, 0.1) is 5.92 Å². The maximum atomic E-state index is 12.1. The predicted octanol–water partition coefficient (Wildman–Crippen LogP) is 0.739. The number of hydrogen-bond acceptors (Lipinski definition) is 5. The second-order valence-corrected chi connectivity index (χ2v) is 5.54. The van der Waals surface area contributed by atoms with Crippen LogP contribution in [0.1, 0.15) is 32.6 Å². The maximum Gasteiger partial charge on any atom is 0.223 e. The fraction of sp³-hybridized carbons (Fsp3) is 0.786. The molecule has 126 valence electrons. The van der Waals surface area contributed by atoms with Crippen LogP contribution in [-0.4, -0.2) is 46.2 Å². The molecular formula is C14H26ClN5O2. The minimum Gasteiger partial charge on any atom is -0.377 e. The van der Waals surface area contributed by atoms with Crippen molar-refractivity contribution in [1.82, 2.24) is 20.3 Å². The van der Waals surface area contributed by atoms with Gasteiger partial charge in [0.1, 0.15) is 0 Å². The molecule has 7 nitrogen and oxygen atoms in total. The number of carbonyl (C=O) groups is 1. The molecule has 0 spiro atoms. The highest BCUT2D eigenvalue weighted by Gasteiger charge is 2.32. The Labute approximate surface area is 137 Å². The van der Waals surface area contributed by atoms with Crippen molar-refractivity contribution in [2.75, 3.05) is 13.2 Å². The summed E-state index contributed by atoms with van der Waals surface area (Å²) in [5.41, 5.74) is 6.13. The molecule has 8 heteroatoms. The normalized spacial score (nSPS) is 24.5. The molecule has 1 aromatic rings. The lowest BCUT2D eigenvalue weighted by atomic mass is 9.83. The van der Waals surface area contributed by atoms with Gasteiger partial charge in [-0.15, -0.1) is 17.5 Å². The van der Waals surface area contributed by atoms with Gasteiger partial charge in [0.05, 0.1) is 18.8 Å². The maximum absolute atomic E-state index is 12.1. The van der Waals surface area contributed by atoms with Crippen LogP contribution in [0.5, 0.6) is 0 Å². The highest BCUT2D eigenvalue weighted by atomic mass is 35.5. The zero-order chi connectivity index (χ0) is 15.1. The molecule has 1 saturated carbocycles. The summed E-state index contributed by atoms with van der Waals surface area (Å²) in [5.74, 6) is 0.0803. The van der Waals surface area contributed by atoms with Gasteiger partial charge in [-0.3, -0.25) is 9.48 Å². The molecule has 3 atom stereocenters. The SMILES string of the molecule is CCCO[C@@H]1CC[C@H](C(=O)NCCn2ccnn2)C[C@H]1N.Cl. The van der Waals surface area contributed by atoms with E-state index >= 15 is 0 Å². The van der Waals surface area contributed by atoms with Crippen LogP contribution in [0.25, 0.3) is 0 Å². The number of nitrogens with two attached hydrogens (primary N) is 1. The molecule has 0 unspecified atom stereocenters. The Bertz CT molecular complexity index is 429. The predicted molar refractivity (Wildman–Crippen MR) is 85.6 cm³/mol. The highest BCUT2D eigenvalue weighted by molar-refractivity contribution is 5.85. The van der Waals surface area contributed by atoms with Gasteiger partial charge in [0.2, 0.25) is 5.91 Å². The number of aromatic nitrogens is 3. The first-order valence-corrected chi connectivity index (χ1v) is 7.69. The number of ether oxygens (including phenoxy) is 1. The summed E-state index contributed by atoms with van der Waals surface area (Å²) in [7, 11) is 0. The second kappa shape index (κ2) is 9.76. The standard InChI is InChI=1S/C14H25N5O2.ClH/c1-2-9-21-13-4-3-11(10-12(13)15)14(20)16-5-7-19-8-6-17-18-19;/h6,8,11-13H,2-5,7,9-10,15H2,1H3,(H,16,20);1H/t11-,12+,13+;/m0./s1. The Morgan fingerprint density at radius 3 is 2.95 bits per heavy atom. The van der Waals surface area contributed by atoms with E-state index in [4.69, 9.17) is 10.5 Å². The van der Waals surface area contributed by atoms with E-state index in [0.717, 1.165) is 25.9 Å². The average molecular weight is 332 g/mol. The third kappa shape index (κ3) is 5.55. The fourth-order valence-corrected chi connectivity index (χ4v) is 2.68. The van der Waals surface area contributed by atoms with Gasteiger partial charge in [-0.05, 0) is 25.7 Å². The summed E-state index contributed by atoms with van der Waals surface area (Å²) < 4.78 is 7.42. The van der Waals surface area contributed by atoms with Gasteiger partial charge in [0.15, 0.2) is 0 Å². The van der Waals surface area contributed by atoms with Gasteiger partial charge in [-0.2, -0.15) is 0 Å². The minimum atomic E-state index is -0.0450. The van der Waals surface area contributed by atoms with Crippen molar-refractivity contribution < 1.29 is 9.53 Å². The van der Waals surface area contributed by atoms with Gasteiger partial charge >= 0.3 is 0 Å². The van der Waals surface area contributed by atoms with Crippen LogP contribution in [0.2, 0.25) is 0 Å². The van der Waals surface area contributed by atoms with Crippen molar-refractivity contribution in [3.63, 3.8) is 0 Å². The van der Waals surface area contributed by atoms with E-state index in [1.807, 2.05) is 0 Å². The van der Waals surface area contributed by atoms with Crippen LogP contribution < -0.4 is 11.1 Å². The smallest absolute Gasteiger partial charge is 0.223 e. The van der Waals surface area contributed by atoms with Crippen LogP contribution >= 0.6 is 12.4 Å². The number of nitrogens with one attached hydrogen (secondary N) is 1. The molecule has 0 aromatic carbocycles. The molecule has 1 aliphatic rings. The van der Waals surface area contributed by atoms with E-state index in [0.29, 0.717) is 19.5 Å². The Morgan fingerprint density at radius 2 is 2.32 bits per heavy atom. The minimum absolute atomic E-state index is 0. The zero-order valence-electron chi connectivity index (χ0n) is 13.0. The number of nitrogens with zero attached hydrogens (tertiary/aromatic N) is 3. The van der Waals surface area contributed by atoms with Crippen molar-refractivity contribution >= 4 is 18.3 Å². The van der Waals surface area contributed by atoms with Gasteiger partial charge in [0.25, 0.3) is 0 Å². The summed E-state index contributed by atoms with van der Waals surface area (Å²) in [6.45, 7) is 4.02. The highest BCUT2D eigenvalue weighted by Crippen LogP contribution is 2.25. The Morgan fingerprint density at radius 1 is 1.50 bits per heavy atom. The largest absolute Gasteiger partial charge is 0.377 e. The van der Waals surface area contributed by atoms with Crippen LogP contribution in [-0.2, 0) is 16.1 Å². The van der Waals surface area contributed by atoms with Crippen LogP contribution in [0.3, 0.4) is 0 Å². The first kappa shape index (κ1) is 18.9. The summed E-state index contributed by atoms with van der Waals surface area (Å²) in [4.78, 5) is 12.1. The molecule has 1 heterocycles. The molecular weight excluding hydrogens is 306 g/mol. The number of amides is 1. The topological polar surface area (TPSA) is 95.1 Å². The summed E-state index contributed by atoms with van der Waals surface area (Å²) in [6, 6.07) is -0.0450. The Hall–Kier alpha value is -1.18. The van der Waals surface area contributed by atoms with Crippen LogP contribution in [0.15, 0.2) is 12.4 Å². The third-order valence-corrected chi connectivity index (χ3v) is 3.85. The lowest BCUT2D eigenvalue weighted by molar-refractivity contribution is -0.127. The molecule has 1 fully saturated rings. The van der Waals surface area contributed by atoms with E-state index < -0.39 is 0 Å². The molecule has 0 bridgehead atoms. The lowest BCUT2D eigenvalue weighted by Gasteiger charge is -2.33. The Kier molecular flexibility index (Phi) is 8.37. The van der Waals surface area contributed by atoms with Crippen molar-refractivity contribution in [2.45, 2.75) is 51.3 Å². The summed E-state index contributed by atoms with van der Waals surface area (Å²) in [6.07, 6.45) is 6.90. The fourth-order valence-electron chi connectivity index (χ4n) is 2.68. The lowest BCUT2D eigenvalue weighted by Crippen LogP contribution is -2.46. The van der Waals surface area contributed by atoms with Crippen molar-refractivity contribution in [3.05, 3.63) is 12.4 Å². The van der Waals surface area contributed by atoms with Crippen LogP contribution in [0.4, 0.5) is 0 Å². The molecule has 0 aliphatic heterocycles. The molecule has 1 aliphatic carbocycles. The quantitative estimate of drug-likeness (QED) is 0.768. The van der Waals surface area contributed by atoms with E-state index in [1.165, 1.54) is 0 Å². The monoisotopic (exact) mass is 331 g/mol. The van der Waals surface area contributed by atoms with Crippen molar-refractivity contribution in [2.24, 2.45) is 11.7 Å². The van der Waals surface area contributed by atoms with Gasteiger partial charge < -0.3 is 15.8 Å². The molecule has 1 aromatic heterocycles. The van der Waals surface area contributed by atoms with E-state index in [2.05, 4.69) is 22.6 Å².